The molecule has 3 rings (SSSR count). The molecular weight excluding hydrogens is 418 g/mol. The molecule has 0 aliphatic heterocycles. The SMILES string of the molecule is CCC(OC=O)c1ccc(N(CC(C)C)C2CCCCC2)c(NC(=O)Cc2cc(C)no2)c1. The number of aromatic nitrogens is 1. The average Bonchev–Trinajstić information content (AvgIpc) is 3.20. The Morgan fingerprint density at radius 1 is 1.27 bits per heavy atom. The molecule has 1 fully saturated rings. The highest BCUT2D eigenvalue weighted by Crippen LogP contribution is 2.36. The van der Waals surface area contributed by atoms with Crippen LogP contribution in [0.5, 0.6) is 0 Å². The van der Waals surface area contributed by atoms with Gasteiger partial charge in [0.05, 0.1) is 23.5 Å². The molecule has 1 saturated carbocycles. The quantitative estimate of drug-likeness (QED) is 0.445. The number of carbonyl (C=O) groups is 2. The first-order valence-corrected chi connectivity index (χ1v) is 12.1. The van der Waals surface area contributed by atoms with Crippen LogP contribution >= 0.6 is 0 Å². The lowest BCUT2D eigenvalue weighted by Crippen LogP contribution is -2.40. The summed E-state index contributed by atoms with van der Waals surface area (Å²) in [6.45, 7) is 9.65. The van der Waals surface area contributed by atoms with Gasteiger partial charge in [-0.2, -0.15) is 0 Å². The van der Waals surface area contributed by atoms with E-state index in [-0.39, 0.29) is 18.4 Å². The minimum atomic E-state index is -0.350. The van der Waals surface area contributed by atoms with Crippen LogP contribution in [0.25, 0.3) is 0 Å². The van der Waals surface area contributed by atoms with E-state index in [4.69, 9.17) is 9.26 Å². The predicted octanol–water partition coefficient (Wildman–Crippen LogP) is 5.58. The summed E-state index contributed by atoms with van der Waals surface area (Å²) in [5.74, 6) is 0.848. The number of nitrogens with one attached hydrogen (secondary N) is 1. The highest BCUT2D eigenvalue weighted by molar-refractivity contribution is 5.95. The van der Waals surface area contributed by atoms with Crippen molar-refractivity contribution in [3.8, 4) is 0 Å². The van der Waals surface area contributed by atoms with Crippen molar-refractivity contribution in [1.29, 1.82) is 0 Å². The highest BCUT2D eigenvalue weighted by Gasteiger charge is 2.26. The molecule has 0 radical (unpaired) electrons. The summed E-state index contributed by atoms with van der Waals surface area (Å²) in [5.41, 5.74) is 3.38. The number of rotatable bonds is 11. The van der Waals surface area contributed by atoms with E-state index in [0.29, 0.717) is 30.6 Å². The Morgan fingerprint density at radius 3 is 2.64 bits per heavy atom. The van der Waals surface area contributed by atoms with Crippen molar-refractivity contribution in [1.82, 2.24) is 5.16 Å². The van der Waals surface area contributed by atoms with Crippen molar-refractivity contribution in [2.75, 3.05) is 16.8 Å². The van der Waals surface area contributed by atoms with E-state index in [2.05, 4.69) is 35.3 Å². The number of anilines is 2. The van der Waals surface area contributed by atoms with Gasteiger partial charge in [0.1, 0.15) is 11.9 Å². The van der Waals surface area contributed by atoms with Crippen LogP contribution in [-0.2, 0) is 20.7 Å². The molecule has 1 aliphatic rings. The Labute approximate surface area is 196 Å². The van der Waals surface area contributed by atoms with Gasteiger partial charge in [0.25, 0.3) is 6.47 Å². The summed E-state index contributed by atoms with van der Waals surface area (Å²) < 4.78 is 10.5. The fraction of sp³-hybridized carbons (Fsp3) is 0.577. The number of ether oxygens (including phenoxy) is 1. The maximum atomic E-state index is 12.9. The Bertz CT molecular complexity index is 918. The third-order valence-electron chi connectivity index (χ3n) is 6.16. The van der Waals surface area contributed by atoms with Gasteiger partial charge in [-0.05, 0) is 49.8 Å². The summed E-state index contributed by atoms with van der Waals surface area (Å²) in [7, 11) is 0. The number of aryl methyl sites for hydroxylation is 1. The lowest BCUT2D eigenvalue weighted by molar-refractivity contribution is -0.134. The molecule has 1 aromatic heterocycles. The molecule has 1 heterocycles. The third kappa shape index (κ3) is 6.83. The summed E-state index contributed by atoms with van der Waals surface area (Å²) in [5, 5.41) is 6.98. The molecule has 1 N–H and O–H groups in total. The molecule has 180 valence electrons. The Hall–Kier alpha value is -2.83. The molecule has 1 atom stereocenters. The van der Waals surface area contributed by atoms with Crippen LogP contribution in [0.1, 0.15) is 82.4 Å². The van der Waals surface area contributed by atoms with E-state index in [1.54, 1.807) is 6.07 Å². The lowest BCUT2D eigenvalue weighted by Gasteiger charge is -2.38. The molecule has 0 bridgehead atoms. The van der Waals surface area contributed by atoms with Gasteiger partial charge >= 0.3 is 0 Å². The Kier molecular flexibility index (Phi) is 8.92. The topological polar surface area (TPSA) is 84.7 Å². The molecule has 2 aromatic rings. The van der Waals surface area contributed by atoms with Gasteiger partial charge in [-0.1, -0.05) is 51.3 Å². The minimum absolute atomic E-state index is 0.111. The summed E-state index contributed by atoms with van der Waals surface area (Å²) in [6.07, 6.45) is 6.48. The van der Waals surface area contributed by atoms with Crippen LogP contribution in [0.4, 0.5) is 11.4 Å². The third-order valence-corrected chi connectivity index (χ3v) is 6.16. The number of hydrogen-bond donors (Lipinski definition) is 1. The molecule has 33 heavy (non-hydrogen) atoms. The molecular formula is C26H37N3O4. The first-order valence-electron chi connectivity index (χ1n) is 12.1. The largest absolute Gasteiger partial charge is 0.460 e. The number of benzene rings is 1. The first-order chi connectivity index (χ1) is 15.9. The van der Waals surface area contributed by atoms with Crippen LogP contribution in [0.15, 0.2) is 28.8 Å². The van der Waals surface area contributed by atoms with Gasteiger partial charge in [0, 0.05) is 18.7 Å². The molecule has 7 heteroatoms. The van der Waals surface area contributed by atoms with Crippen LogP contribution in [0.3, 0.4) is 0 Å². The lowest BCUT2D eigenvalue weighted by atomic mass is 9.92. The average molecular weight is 456 g/mol. The van der Waals surface area contributed by atoms with Crippen LogP contribution in [-0.4, -0.2) is 30.1 Å². The fourth-order valence-electron chi connectivity index (χ4n) is 4.66. The summed E-state index contributed by atoms with van der Waals surface area (Å²) >= 11 is 0. The van der Waals surface area contributed by atoms with E-state index < -0.39 is 0 Å². The van der Waals surface area contributed by atoms with E-state index >= 15 is 0 Å². The zero-order chi connectivity index (χ0) is 23.8. The normalized spacial score (nSPS) is 15.3. The van der Waals surface area contributed by atoms with Crippen LogP contribution < -0.4 is 10.2 Å². The van der Waals surface area contributed by atoms with Crippen molar-refractivity contribution < 1.29 is 18.8 Å². The molecule has 1 aliphatic carbocycles. The van der Waals surface area contributed by atoms with E-state index in [1.165, 1.54) is 19.3 Å². The van der Waals surface area contributed by atoms with Gasteiger partial charge in [-0.25, -0.2) is 0 Å². The molecule has 0 spiro atoms. The first kappa shape index (κ1) is 24.8. The zero-order valence-electron chi connectivity index (χ0n) is 20.3. The summed E-state index contributed by atoms with van der Waals surface area (Å²) in [6, 6.07) is 8.25. The van der Waals surface area contributed by atoms with Gasteiger partial charge in [0.15, 0.2) is 0 Å². The molecule has 1 amide bonds. The number of hydrogen-bond acceptors (Lipinski definition) is 6. The Balaban J connectivity index is 1.95. The fourth-order valence-corrected chi connectivity index (χ4v) is 4.66. The molecule has 1 unspecified atom stereocenters. The van der Waals surface area contributed by atoms with E-state index in [9.17, 15) is 9.59 Å². The van der Waals surface area contributed by atoms with Gasteiger partial charge in [0.2, 0.25) is 5.91 Å². The van der Waals surface area contributed by atoms with Crippen molar-refractivity contribution in [3.63, 3.8) is 0 Å². The smallest absolute Gasteiger partial charge is 0.293 e. The molecule has 7 nitrogen and oxygen atoms in total. The number of amides is 1. The van der Waals surface area contributed by atoms with Gasteiger partial charge in [-0.3, -0.25) is 9.59 Å². The molecule has 0 saturated heterocycles. The van der Waals surface area contributed by atoms with Crippen LogP contribution in [0.2, 0.25) is 0 Å². The van der Waals surface area contributed by atoms with Gasteiger partial charge < -0.3 is 19.5 Å². The van der Waals surface area contributed by atoms with Crippen molar-refractivity contribution in [2.24, 2.45) is 5.92 Å². The van der Waals surface area contributed by atoms with Crippen LogP contribution in [0, 0.1) is 12.8 Å². The second-order valence-electron chi connectivity index (χ2n) is 9.40. The summed E-state index contributed by atoms with van der Waals surface area (Å²) in [4.78, 5) is 26.4. The van der Waals surface area contributed by atoms with Crippen molar-refractivity contribution >= 4 is 23.8 Å². The predicted molar refractivity (Wildman–Crippen MR) is 129 cm³/mol. The number of nitrogens with zero attached hydrogens (tertiary/aromatic N) is 2. The maximum absolute atomic E-state index is 12.9. The van der Waals surface area contributed by atoms with E-state index in [1.807, 2.05) is 26.0 Å². The molecule has 1 aromatic carbocycles. The van der Waals surface area contributed by atoms with E-state index in [0.717, 1.165) is 42.0 Å². The van der Waals surface area contributed by atoms with Gasteiger partial charge in [-0.15, -0.1) is 0 Å². The number of carbonyl (C=O) groups excluding carboxylic acids is 2. The van der Waals surface area contributed by atoms with Crippen molar-refractivity contribution in [2.45, 2.75) is 84.8 Å². The monoisotopic (exact) mass is 455 g/mol. The standard InChI is InChI=1S/C26H37N3O4/c1-5-25(32-17-30)20-11-12-24(29(16-18(2)3)21-9-7-6-8-10-21)23(14-20)27-26(31)15-22-13-19(4)28-33-22/h11-14,17-18,21,25H,5-10,15-16H2,1-4H3,(H,27,31). The Morgan fingerprint density at radius 2 is 2.03 bits per heavy atom. The maximum Gasteiger partial charge on any atom is 0.293 e. The van der Waals surface area contributed by atoms with Crippen molar-refractivity contribution in [3.05, 3.63) is 41.3 Å². The zero-order valence-corrected chi connectivity index (χ0v) is 20.3. The second-order valence-corrected chi connectivity index (χ2v) is 9.40. The minimum Gasteiger partial charge on any atom is -0.460 e. The second kappa shape index (κ2) is 11.9. The highest BCUT2D eigenvalue weighted by atomic mass is 16.5.